The van der Waals surface area contributed by atoms with Crippen LogP contribution in [0, 0.1) is 5.92 Å². The lowest BCUT2D eigenvalue weighted by molar-refractivity contribution is -0.131. The van der Waals surface area contributed by atoms with Crippen molar-refractivity contribution in [2.75, 3.05) is 32.7 Å². The van der Waals surface area contributed by atoms with Crippen molar-refractivity contribution >= 4 is 5.91 Å². The van der Waals surface area contributed by atoms with Gasteiger partial charge in [0.05, 0.1) is 0 Å². The Labute approximate surface area is 117 Å². The molecule has 0 aromatic rings. The molecule has 1 aliphatic heterocycles. The SMILES string of the molecule is CCC(CCN)N1CCCN(C(=O)CC2CC2)CC1. The molecule has 1 atom stereocenters. The molecule has 19 heavy (non-hydrogen) atoms. The van der Waals surface area contributed by atoms with Gasteiger partial charge in [-0.3, -0.25) is 9.69 Å². The molecule has 1 saturated carbocycles. The third kappa shape index (κ3) is 4.46. The Morgan fingerprint density at radius 2 is 2.05 bits per heavy atom. The first-order chi connectivity index (χ1) is 9.24. The standard InChI is InChI=1S/C15H29N3O/c1-2-14(6-7-16)17-8-3-9-18(11-10-17)15(19)12-13-4-5-13/h13-14H,2-12,16H2,1H3. The monoisotopic (exact) mass is 267 g/mol. The van der Waals surface area contributed by atoms with E-state index in [0.717, 1.165) is 58.4 Å². The zero-order valence-corrected chi connectivity index (χ0v) is 12.3. The van der Waals surface area contributed by atoms with Crippen molar-refractivity contribution < 1.29 is 4.79 Å². The highest BCUT2D eigenvalue weighted by Gasteiger charge is 2.28. The molecule has 0 spiro atoms. The summed E-state index contributed by atoms with van der Waals surface area (Å²) in [5, 5.41) is 0. The Balaban J connectivity index is 1.80. The van der Waals surface area contributed by atoms with Gasteiger partial charge in [-0.25, -0.2) is 0 Å². The van der Waals surface area contributed by atoms with Crippen LogP contribution in [0.15, 0.2) is 0 Å². The van der Waals surface area contributed by atoms with Crippen molar-refractivity contribution in [3.63, 3.8) is 0 Å². The second kappa shape index (κ2) is 7.25. The number of rotatable bonds is 6. The van der Waals surface area contributed by atoms with Gasteiger partial charge in [-0.15, -0.1) is 0 Å². The minimum absolute atomic E-state index is 0.385. The van der Waals surface area contributed by atoms with Crippen LogP contribution in [0.2, 0.25) is 0 Å². The lowest BCUT2D eigenvalue weighted by Crippen LogP contribution is -2.40. The van der Waals surface area contributed by atoms with E-state index in [-0.39, 0.29) is 0 Å². The van der Waals surface area contributed by atoms with E-state index in [1.807, 2.05) is 0 Å². The summed E-state index contributed by atoms with van der Waals surface area (Å²) in [5.41, 5.74) is 5.70. The normalized spacial score (nSPS) is 23.2. The largest absolute Gasteiger partial charge is 0.341 e. The fourth-order valence-corrected chi connectivity index (χ4v) is 3.09. The fraction of sp³-hybridized carbons (Fsp3) is 0.933. The van der Waals surface area contributed by atoms with Gasteiger partial charge in [0.15, 0.2) is 0 Å². The molecule has 0 bridgehead atoms. The molecular weight excluding hydrogens is 238 g/mol. The average molecular weight is 267 g/mol. The molecule has 1 amide bonds. The third-order valence-electron chi connectivity index (χ3n) is 4.53. The van der Waals surface area contributed by atoms with Gasteiger partial charge in [0, 0.05) is 38.6 Å². The van der Waals surface area contributed by atoms with E-state index in [1.165, 1.54) is 12.8 Å². The molecule has 0 aromatic heterocycles. The van der Waals surface area contributed by atoms with Crippen LogP contribution in [0.5, 0.6) is 0 Å². The number of carbonyl (C=O) groups excluding carboxylic acids is 1. The molecular formula is C15H29N3O. The highest BCUT2D eigenvalue weighted by molar-refractivity contribution is 5.76. The molecule has 4 heteroatoms. The van der Waals surface area contributed by atoms with Crippen LogP contribution in [-0.2, 0) is 4.79 Å². The predicted molar refractivity (Wildman–Crippen MR) is 77.9 cm³/mol. The molecule has 1 unspecified atom stereocenters. The Bertz CT molecular complexity index is 291. The number of nitrogens with two attached hydrogens (primary N) is 1. The first-order valence-corrected chi connectivity index (χ1v) is 7.96. The lowest BCUT2D eigenvalue weighted by atomic mass is 10.1. The first-order valence-electron chi connectivity index (χ1n) is 7.96. The van der Waals surface area contributed by atoms with Crippen LogP contribution in [0.3, 0.4) is 0 Å². The van der Waals surface area contributed by atoms with Crippen LogP contribution >= 0.6 is 0 Å². The minimum Gasteiger partial charge on any atom is -0.341 e. The first kappa shape index (κ1) is 14.8. The van der Waals surface area contributed by atoms with Gasteiger partial charge in [-0.1, -0.05) is 6.92 Å². The fourth-order valence-electron chi connectivity index (χ4n) is 3.09. The highest BCUT2D eigenvalue weighted by Crippen LogP contribution is 2.33. The molecule has 1 heterocycles. The van der Waals surface area contributed by atoms with Gasteiger partial charge in [-0.2, -0.15) is 0 Å². The molecule has 1 aliphatic carbocycles. The zero-order chi connectivity index (χ0) is 13.7. The van der Waals surface area contributed by atoms with E-state index >= 15 is 0 Å². The Hall–Kier alpha value is -0.610. The van der Waals surface area contributed by atoms with E-state index in [0.29, 0.717) is 17.9 Å². The third-order valence-corrected chi connectivity index (χ3v) is 4.53. The van der Waals surface area contributed by atoms with Crippen LogP contribution in [-0.4, -0.2) is 54.5 Å². The number of carbonyl (C=O) groups is 1. The zero-order valence-electron chi connectivity index (χ0n) is 12.3. The summed E-state index contributed by atoms with van der Waals surface area (Å²) in [5.74, 6) is 1.09. The van der Waals surface area contributed by atoms with Gasteiger partial charge in [0.25, 0.3) is 0 Å². The van der Waals surface area contributed by atoms with Crippen molar-refractivity contribution in [2.24, 2.45) is 11.7 Å². The quantitative estimate of drug-likeness (QED) is 0.792. The Morgan fingerprint density at radius 3 is 2.68 bits per heavy atom. The number of amides is 1. The maximum Gasteiger partial charge on any atom is 0.222 e. The highest BCUT2D eigenvalue weighted by atomic mass is 16.2. The number of nitrogens with zero attached hydrogens (tertiary/aromatic N) is 2. The van der Waals surface area contributed by atoms with Gasteiger partial charge in [-0.05, 0) is 44.6 Å². The van der Waals surface area contributed by atoms with E-state index in [4.69, 9.17) is 5.73 Å². The van der Waals surface area contributed by atoms with Crippen molar-refractivity contribution in [3.8, 4) is 0 Å². The van der Waals surface area contributed by atoms with E-state index in [2.05, 4.69) is 16.7 Å². The molecule has 2 N–H and O–H groups in total. The molecule has 2 rings (SSSR count). The van der Waals surface area contributed by atoms with E-state index in [1.54, 1.807) is 0 Å². The topological polar surface area (TPSA) is 49.6 Å². The summed E-state index contributed by atoms with van der Waals surface area (Å²) < 4.78 is 0. The average Bonchev–Trinajstić information content (AvgIpc) is 3.21. The minimum atomic E-state index is 0.385. The van der Waals surface area contributed by atoms with E-state index in [9.17, 15) is 4.79 Å². The predicted octanol–water partition coefficient (Wildman–Crippen LogP) is 1.45. The van der Waals surface area contributed by atoms with Gasteiger partial charge < -0.3 is 10.6 Å². The summed E-state index contributed by atoms with van der Waals surface area (Å²) in [6.45, 7) is 6.99. The van der Waals surface area contributed by atoms with Crippen LogP contribution in [0.25, 0.3) is 0 Å². The van der Waals surface area contributed by atoms with Crippen molar-refractivity contribution in [1.29, 1.82) is 0 Å². The Kier molecular flexibility index (Phi) is 5.64. The van der Waals surface area contributed by atoms with Crippen molar-refractivity contribution in [1.82, 2.24) is 9.80 Å². The maximum absolute atomic E-state index is 12.2. The molecule has 110 valence electrons. The molecule has 2 fully saturated rings. The summed E-state index contributed by atoms with van der Waals surface area (Å²) in [7, 11) is 0. The van der Waals surface area contributed by atoms with Crippen molar-refractivity contribution in [2.45, 2.75) is 51.5 Å². The van der Waals surface area contributed by atoms with Crippen molar-refractivity contribution in [3.05, 3.63) is 0 Å². The Morgan fingerprint density at radius 1 is 1.26 bits per heavy atom. The second-order valence-corrected chi connectivity index (χ2v) is 6.06. The van der Waals surface area contributed by atoms with Crippen LogP contribution < -0.4 is 5.73 Å². The second-order valence-electron chi connectivity index (χ2n) is 6.06. The van der Waals surface area contributed by atoms with Crippen LogP contribution in [0.4, 0.5) is 0 Å². The lowest BCUT2D eigenvalue weighted by Gasteiger charge is -2.29. The molecule has 0 aromatic carbocycles. The molecule has 0 radical (unpaired) electrons. The van der Waals surface area contributed by atoms with Gasteiger partial charge in [0.1, 0.15) is 0 Å². The summed E-state index contributed by atoms with van der Waals surface area (Å²) in [4.78, 5) is 16.8. The van der Waals surface area contributed by atoms with Crippen LogP contribution in [0.1, 0.15) is 45.4 Å². The van der Waals surface area contributed by atoms with E-state index < -0.39 is 0 Å². The molecule has 4 nitrogen and oxygen atoms in total. The maximum atomic E-state index is 12.2. The summed E-state index contributed by atoms with van der Waals surface area (Å²) in [6.07, 6.45) is 6.66. The molecule has 2 aliphatic rings. The van der Waals surface area contributed by atoms with Gasteiger partial charge in [0.2, 0.25) is 5.91 Å². The molecule has 1 saturated heterocycles. The van der Waals surface area contributed by atoms with Gasteiger partial charge >= 0.3 is 0 Å². The number of hydrogen-bond donors (Lipinski definition) is 1. The smallest absolute Gasteiger partial charge is 0.222 e. The summed E-state index contributed by atoms with van der Waals surface area (Å²) >= 11 is 0. The summed E-state index contributed by atoms with van der Waals surface area (Å²) in [6, 6.07) is 0.600. The number of hydrogen-bond acceptors (Lipinski definition) is 3.